The van der Waals surface area contributed by atoms with Crippen molar-refractivity contribution in [3.63, 3.8) is 0 Å². The highest BCUT2D eigenvalue weighted by atomic mass is 33.1. The molecule has 0 aromatic heterocycles. The van der Waals surface area contributed by atoms with E-state index in [2.05, 4.69) is 11.8 Å². The van der Waals surface area contributed by atoms with Crippen LogP contribution in [0.15, 0.2) is 0 Å². The summed E-state index contributed by atoms with van der Waals surface area (Å²) in [5, 5.41) is -0.336. The summed E-state index contributed by atoms with van der Waals surface area (Å²) >= 11 is 0. The van der Waals surface area contributed by atoms with Crippen LogP contribution in [0.2, 0.25) is 0 Å². The van der Waals surface area contributed by atoms with Crippen LogP contribution in [-0.4, -0.2) is 11.1 Å². The maximum absolute atomic E-state index is 10.2. The van der Waals surface area contributed by atoms with Crippen LogP contribution in [0.25, 0.3) is 0 Å². The van der Waals surface area contributed by atoms with Crippen molar-refractivity contribution in [1.82, 2.24) is 0 Å². The highest BCUT2D eigenvalue weighted by molar-refractivity contribution is 8.82. The number of rotatable bonds is 2. The summed E-state index contributed by atoms with van der Waals surface area (Å²) in [5.41, 5.74) is 0. The summed E-state index contributed by atoms with van der Waals surface area (Å²) in [6.45, 7) is 1.97. The molecule has 0 amide bonds. The topological polar surface area (TPSA) is 26.3 Å². The molecule has 0 N–H and O–H groups in total. The molecule has 0 spiro atoms. The zero-order valence-electron chi connectivity index (χ0n) is 4.55. The van der Waals surface area contributed by atoms with Gasteiger partial charge in [0.15, 0.2) is 0 Å². The molecule has 2 nitrogen and oxygen atoms in total. The van der Waals surface area contributed by atoms with Crippen molar-refractivity contribution >= 4 is 26.9 Å². The molecule has 0 atom stereocenters. The first-order valence-electron chi connectivity index (χ1n) is 2.06. The molecule has 0 unspecified atom stereocenters. The Labute approximate surface area is 56.8 Å². The third kappa shape index (κ3) is 4.33. The van der Waals surface area contributed by atoms with Crippen molar-refractivity contribution in [2.24, 2.45) is 0 Å². The van der Waals surface area contributed by atoms with Crippen LogP contribution >= 0.6 is 21.6 Å². The molecule has 0 aliphatic heterocycles. The van der Waals surface area contributed by atoms with E-state index in [-0.39, 0.29) is 5.30 Å². The second kappa shape index (κ2) is 5.31. The summed E-state index contributed by atoms with van der Waals surface area (Å²) in [6, 6.07) is 0. The lowest BCUT2D eigenvalue weighted by atomic mass is 11.0. The van der Waals surface area contributed by atoms with Gasteiger partial charge in [0.25, 0.3) is 0 Å². The fourth-order valence-corrected chi connectivity index (χ4v) is 1.18. The lowest BCUT2D eigenvalue weighted by Crippen LogP contribution is -1.83. The monoisotopic (exact) mass is 151 g/mol. The van der Waals surface area contributed by atoms with Gasteiger partial charge in [0, 0.05) is 16.5 Å². The minimum Gasteiger partial charge on any atom is -0.453 e. The number of carbonyl (C=O) groups is 1. The molecule has 0 fully saturated rings. The highest BCUT2D eigenvalue weighted by Gasteiger charge is 1.97. The van der Waals surface area contributed by atoms with Crippen LogP contribution in [0, 0.1) is 7.11 Å². The van der Waals surface area contributed by atoms with E-state index in [0.29, 0.717) is 0 Å². The highest BCUT2D eigenvalue weighted by Crippen LogP contribution is 2.21. The maximum Gasteiger partial charge on any atom is 0.378 e. The van der Waals surface area contributed by atoms with Gasteiger partial charge in [-0.05, 0) is 0 Å². The van der Waals surface area contributed by atoms with E-state index in [9.17, 15) is 4.79 Å². The molecule has 0 aromatic carbocycles. The molecule has 0 saturated heterocycles. The first kappa shape index (κ1) is 8.17. The maximum atomic E-state index is 10.2. The van der Waals surface area contributed by atoms with E-state index < -0.39 is 0 Å². The average molecular weight is 151 g/mol. The molecule has 1 radical (unpaired) electrons. The van der Waals surface area contributed by atoms with Gasteiger partial charge in [-0.25, -0.2) is 4.79 Å². The fraction of sp³-hybridized carbons (Fsp3) is 0.500. The van der Waals surface area contributed by atoms with Crippen molar-refractivity contribution in [2.75, 3.05) is 5.75 Å². The Bertz CT molecular complexity index is 74.4. The van der Waals surface area contributed by atoms with E-state index in [1.165, 1.54) is 10.8 Å². The predicted octanol–water partition coefficient (Wildman–Crippen LogP) is 2.32. The quantitative estimate of drug-likeness (QED) is 0.447. The van der Waals surface area contributed by atoms with E-state index in [4.69, 9.17) is 0 Å². The summed E-state index contributed by atoms with van der Waals surface area (Å²) < 4.78 is 4.11. The van der Waals surface area contributed by atoms with E-state index in [1.54, 1.807) is 0 Å². The second-order valence-electron chi connectivity index (χ2n) is 0.884. The van der Waals surface area contributed by atoms with Gasteiger partial charge in [0.05, 0.1) is 0 Å². The Morgan fingerprint density at radius 2 is 2.50 bits per heavy atom. The van der Waals surface area contributed by atoms with E-state index >= 15 is 0 Å². The van der Waals surface area contributed by atoms with Crippen LogP contribution in [0.3, 0.4) is 0 Å². The van der Waals surface area contributed by atoms with Gasteiger partial charge in [-0.2, -0.15) is 0 Å². The van der Waals surface area contributed by atoms with Crippen molar-refractivity contribution in [1.29, 1.82) is 0 Å². The third-order valence-corrected chi connectivity index (χ3v) is 2.44. The summed E-state index contributed by atoms with van der Waals surface area (Å²) in [6.07, 6.45) is 0. The van der Waals surface area contributed by atoms with Gasteiger partial charge in [-0.15, -0.1) is 0 Å². The number of hydrogen-bond acceptors (Lipinski definition) is 4. The second-order valence-corrected chi connectivity index (χ2v) is 3.40. The van der Waals surface area contributed by atoms with Crippen LogP contribution in [0.1, 0.15) is 6.92 Å². The van der Waals surface area contributed by atoms with Crippen LogP contribution < -0.4 is 0 Å². The van der Waals surface area contributed by atoms with E-state index in [0.717, 1.165) is 16.5 Å². The first-order valence-corrected chi connectivity index (χ1v) is 4.38. The zero-order valence-corrected chi connectivity index (χ0v) is 6.18. The molecule has 0 heterocycles. The number of carbonyl (C=O) groups excluding carboxylic acids is 1. The SMILES string of the molecule is [CH2]OC(=O)SSCC. The van der Waals surface area contributed by atoms with Crippen molar-refractivity contribution in [3.8, 4) is 0 Å². The van der Waals surface area contributed by atoms with Crippen LogP contribution in [0.4, 0.5) is 4.79 Å². The van der Waals surface area contributed by atoms with Crippen LogP contribution in [0.5, 0.6) is 0 Å². The molecule has 0 aliphatic carbocycles. The molecular formula is C4H7O2S2. The molecule has 47 valence electrons. The summed E-state index contributed by atoms with van der Waals surface area (Å²) in [5.74, 6) is 0.903. The summed E-state index contributed by atoms with van der Waals surface area (Å²) in [4.78, 5) is 10.2. The molecule has 0 aliphatic rings. The smallest absolute Gasteiger partial charge is 0.378 e. The third-order valence-electron chi connectivity index (χ3n) is 0.363. The Hall–Kier alpha value is 0.170. The minimum atomic E-state index is -0.336. The van der Waals surface area contributed by atoms with Gasteiger partial charge in [0.2, 0.25) is 0 Å². The molecular weight excluding hydrogens is 144 g/mol. The fourth-order valence-electron chi connectivity index (χ4n) is 0.131. The lowest BCUT2D eigenvalue weighted by Gasteiger charge is -1.91. The minimum absolute atomic E-state index is 0.336. The largest absolute Gasteiger partial charge is 0.453 e. The van der Waals surface area contributed by atoms with Crippen molar-refractivity contribution in [3.05, 3.63) is 7.11 Å². The van der Waals surface area contributed by atoms with Crippen molar-refractivity contribution in [2.45, 2.75) is 6.92 Å². The molecule has 4 heteroatoms. The zero-order chi connectivity index (χ0) is 6.41. The molecule has 0 bridgehead atoms. The average Bonchev–Trinajstić information content (AvgIpc) is 1.83. The summed E-state index contributed by atoms with van der Waals surface area (Å²) in [7, 11) is 5.47. The molecule has 0 aromatic rings. The predicted molar refractivity (Wildman–Crippen MR) is 37.6 cm³/mol. The van der Waals surface area contributed by atoms with E-state index in [1.807, 2.05) is 6.92 Å². The van der Waals surface area contributed by atoms with Gasteiger partial charge < -0.3 is 4.74 Å². The lowest BCUT2D eigenvalue weighted by molar-refractivity contribution is 0.212. The van der Waals surface area contributed by atoms with Crippen molar-refractivity contribution < 1.29 is 9.53 Å². The molecule has 0 rings (SSSR count). The Morgan fingerprint density at radius 3 is 2.88 bits per heavy atom. The number of ether oxygens (including phenoxy) is 1. The van der Waals surface area contributed by atoms with Gasteiger partial charge in [-0.3, -0.25) is 0 Å². The normalized spacial score (nSPS) is 8.75. The molecule has 8 heavy (non-hydrogen) atoms. The Balaban J connectivity index is 2.99. The first-order chi connectivity index (χ1) is 3.81. The van der Waals surface area contributed by atoms with Gasteiger partial charge >= 0.3 is 5.30 Å². The Kier molecular flexibility index (Phi) is 5.42. The van der Waals surface area contributed by atoms with Gasteiger partial charge in [0.1, 0.15) is 7.11 Å². The van der Waals surface area contributed by atoms with Crippen LogP contribution in [-0.2, 0) is 4.74 Å². The Morgan fingerprint density at radius 1 is 1.88 bits per heavy atom. The van der Waals surface area contributed by atoms with Gasteiger partial charge in [-0.1, -0.05) is 17.7 Å². The standard InChI is InChI=1S/C4H7O2S2/c1-3-7-8-4(5)6-2/h2-3H2,1H3. The molecule has 0 saturated carbocycles. The number of hydrogen-bond donors (Lipinski definition) is 0.